The van der Waals surface area contributed by atoms with E-state index in [1.54, 1.807) is 0 Å². The summed E-state index contributed by atoms with van der Waals surface area (Å²) in [5.41, 5.74) is 0. The van der Waals surface area contributed by atoms with Crippen molar-refractivity contribution in [1.82, 2.24) is 0 Å². The van der Waals surface area contributed by atoms with Crippen LogP contribution in [0.3, 0.4) is 0 Å². The monoisotopic (exact) mass is 278 g/mol. The molecule has 2 nitrogen and oxygen atoms in total. The topological polar surface area (TPSA) is 24.7 Å². The van der Waals surface area contributed by atoms with E-state index in [4.69, 9.17) is 0 Å². The van der Waals surface area contributed by atoms with E-state index in [0.29, 0.717) is 12.1 Å². The first-order chi connectivity index (χ1) is 7.45. The van der Waals surface area contributed by atoms with Crippen molar-refractivity contribution >= 4 is 30.8 Å². The normalized spacial score (nSPS) is 21.6. The van der Waals surface area contributed by atoms with Gasteiger partial charge in [0, 0.05) is 0 Å². The molecule has 4 heteroatoms. The second-order valence-electron chi connectivity index (χ2n) is 4.94. The molecule has 2 aliphatic rings. The standard InChI is InChI=1S/C13H22N2.2ClH/c1-3-7-12(8-4-1)14-11-15-13-9-5-2-6-10-13;;/h12-13H,1-10H2;2*1H. The molecule has 0 aromatic rings. The lowest BCUT2D eigenvalue weighted by Gasteiger charge is -2.17. The quantitative estimate of drug-likeness (QED) is 0.656. The van der Waals surface area contributed by atoms with E-state index in [0.717, 1.165) is 0 Å². The lowest BCUT2D eigenvalue weighted by Crippen LogP contribution is -2.10. The van der Waals surface area contributed by atoms with Gasteiger partial charge in [-0.15, -0.1) is 24.8 Å². The van der Waals surface area contributed by atoms with Crippen LogP contribution in [0.5, 0.6) is 0 Å². The third-order valence-corrected chi connectivity index (χ3v) is 3.63. The van der Waals surface area contributed by atoms with Gasteiger partial charge >= 0.3 is 0 Å². The Morgan fingerprint density at radius 1 is 0.588 bits per heavy atom. The molecule has 2 rings (SSSR count). The SMILES string of the molecule is C(=NC1CCCCC1)=NC1CCCCC1.Cl.Cl. The Bertz CT molecular complexity index is 216. The third kappa shape index (κ3) is 6.45. The van der Waals surface area contributed by atoms with E-state index >= 15 is 0 Å². The van der Waals surface area contributed by atoms with Crippen LogP contribution in [0.2, 0.25) is 0 Å². The van der Waals surface area contributed by atoms with Crippen LogP contribution in [0, 0.1) is 0 Å². The van der Waals surface area contributed by atoms with E-state index in [2.05, 4.69) is 16.0 Å². The van der Waals surface area contributed by atoms with E-state index in [9.17, 15) is 0 Å². The highest BCUT2D eigenvalue weighted by Gasteiger charge is 2.12. The maximum atomic E-state index is 4.46. The summed E-state index contributed by atoms with van der Waals surface area (Å²) in [7, 11) is 0. The molecule has 2 aliphatic carbocycles. The van der Waals surface area contributed by atoms with Crippen LogP contribution in [-0.2, 0) is 0 Å². The minimum atomic E-state index is 0. The van der Waals surface area contributed by atoms with Crippen LogP contribution in [0.25, 0.3) is 0 Å². The number of hydrogen-bond acceptors (Lipinski definition) is 2. The van der Waals surface area contributed by atoms with Crippen molar-refractivity contribution in [3.63, 3.8) is 0 Å². The Kier molecular flexibility index (Phi) is 9.91. The van der Waals surface area contributed by atoms with Crippen LogP contribution in [0.4, 0.5) is 0 Å². The van der Waals surface area contributed by atoms with Gasteiger partial charge in [-0.2, -0.15) is 0 Å². The van der Waals surface area contributed by atoms with Gasteiger partial charge in [-0.25, -0.2) is 9.98 Å². The minimum absolute atomic E-state index is 0. The second-order valence-corrected chi connectivity index (χ2v) is 4.94. The summed E-state index contributed by atoms with van der Waals surface area (Å²) in [5.74, 6) is 0. The fourth-order valence-corrected chi connectivity index (χ4v) is 2.62. The van der Waals surface area contributed by atoms with Gasteiger partial charge in [-0.1, -0.05) is 38.5 Å². The summed E-state index contributed by atoms with van der Waals surface area (Å²) in [4.78, 5) is 8.92. The molecule has 100 valence electrons. The predicted octanol–water partition coefficient (Wildman–Crippen LogP) is 4.67. The van der Waals surface area contributed by atoms with Crippen LogP contribution >= 0.6 is 24.8 Å². The number of aliphatic imine (C=N–C) groups is 2. The van der Waals surface area contributed by atoms with Gasteiger partial charge in [0.15, 0.2) is 0 Å². The van der Waals surface area contributed by atoms with Crippen LogP contribution < -0.4 is 0 Å². The summed E-state index contributed by atoms with van der Waals surface area (Å²) in [5, 5.41) is 0. The van der Waals surface area contributed by atoms with Crippen LogP contribution in [-0.4, -0.2) is 18.1 Å². The van der Waals surface area contributed by atoms with Gasteiger partial charge < -0.3 is 0 Å². The van der Waals surface area contributed by atoms with Gasteiger partial charge in [-0.3, -0.25) is 0 Å². The molecule has 2 fully saturated rings. The van der Waals surface area contributed by atoms with Gasteiger partial charge in [0.05, 0.1) is 18.1 Å². The highest BCUT2D eigenvalue weighted by Crippen LogP contribution is 2.21. The average molecular weight is 279 g/mol. The van der Waals surface area contributed by atoms with Gasteiger partial charge in [0.2, 0.25) is 0 Å². The van der Waals surface area contributed by atoms with Gasteiger partial charge in [0.25, 0.3) is 0 Å². The van der Waals surface area contributed by atoms with Gasteiger partial charge in [-0.05, 0) is 25.7 Å². The van der Waals surface area contributed by atoms with E-state index in [1.165, 1.54) is 64.2 Å². The number of hydrogen-bond donors (Lipinski definition) is 0. The maximum absolute atomic E-state index is 4.46. The van der Waals surface area contributed by atoms with Crippen LogP contribution in [0.1, 0.15) is 64.2 Å². The fourth-order valence-electron chi connectivity index (χ4n) is 2.62. The zero-order chi connectivity index (χ0) is 10.3. The minimum Gasteiger partial charge on any atom is -0.222 e. The third-order valence-electron chi connectivity index (χ3n) is 3.63. The Labute approximate surface area is 117 Å². The molecule has 0 N–H and O–H groups in total. The first-order valence-electron chi connectivity index (χ1n) is 6.60. The van der Waals surface area contributed by atoms with Crippen molar-refractivity contribution in [2.75, 3.05) is 0 Å². The lowest BCUT2D eigenvalue weighted by atomic mass is 9.96. The van der Waals surface area contributed by atoms with Crippen molar-refractivity contribution in [2.45, 2.75) is 76.3 Å². The average Bonchev–Trinajstić information content (AvgIpc) is 2.32. The maximum Gasteiger partial charge on any atom is 0.0898 e. The molecule has 0 aromatic carbocycles. The number of rotatable bonds is 2. The molecular weight excluding hydrogens is 255 g/mol. The van der Waals surface area contributed by atoms with E-state index in [1.807, 2.05) is 0 Å². The molecule has 0 heterocycles. The smallest absolute Gasteiger partial charge is 0.0898 e. The molecule has 0 unspecified atom stereocenters. The zero-order valence-electron chi connectivity index (χ0n) is 10.4. The Balaban J connectivity index is 0.00000128. The van der Waals surface area contributed by atoms with Crippen molar-refractivity contribution in [3.8, 4) is 0 Å². The van der Waals surface area contributed by atoms with Crippen molar-refractivity contribution < 1.29 is 0 Å². The lowest BCUT2D eigenvalue weighted by molar-refractivity contribution is 0.438. The highest BCUT2D eigenvalue weighted by atomic mass is 35.5. The Morgan fingerprint density at radius 3 is 1.29 bits per heavy atom. The zero-order valence-corrected chi connectivity index (χ0v) is 12.1. The molecule has 0 atom stereocenters. The highest BCUT2D eigenvalue weighted by molar-refractivity contribution is 5.85. The molecule has 2 saturated carbocycles. The van der Waals surface area contributed by atoms with Crippen molar-refractivity contribution in [3.05, 3.63) is 0 Å². The molecular formula is C13H24Cl2N2. The molecule has 0 amide bonds. The van der Waals surface area contributed by atoms with Crippen molar-refractivity contribution in [1.29, 1.82) is 0 Å². The predicted molar refractivity (Wildman–Crippen MR) is 78.1 cm³/mol. The second kappa shape index (κ2) is 9.94. The van der Waals surface area contributed by atoms with Crippen LogP contribution in [0.15, 0.2) is 9.98 Å². The molecule has 17 heavy (non-hydrogen) atoms. The number of halogens is 2. The largest absolute Gasteiger partial charge is 0.222 e. The molecule has 0 bridgehead atoms. The van der Waals surface area contributed by atoms with E-state index in [-0.39, 0.29) is 24.8 Å². The molecule has 0 spiro atoms. The first kappa shape index (κ1) is 17.0. The van der Waals surface area contributed by atoms with Gasteiger partial charge in [0.1, 0.15) is 0 Å². The number of nitrogens with zero attached hydrogens (tertiary/aromatic N) is 2. The summed E-state index contributed by atoms with van der Waals surface area (Å²) >= 11 is 0. The molecule has 0 aromatic heterocycles. The van der Waals surface area contributed by atoms with Crippen molar-refractivity contribution in [2.24, 2.45) is 9.98 Å². The molecule has 0 saturated heterocycles. The summed E-state index contributed by atoms with van der Waals surface area (Å²) in [6.45, 7) is 0. The first-order valence-corrected chi connectivity index (χ1v) is 6.60. The summed E-state index contributed by atoms with van der Waals surface area (Å²) < 4.78 is 0. The molecule has 0 aliphatic heterocycles. The van der Waals surface area contributed by atoms with E-state index < -0.39 is 0 Å². The molecule has 0 radical (unpaired) electrons. The Morgan fingerprint density at radius 2 is 0.941 bits per heavy atom. The summed E-state index contributed by atoms with van der Waals surface area (Å²) in [6, 6.07) is 4.04. The Hall–Kier alpha value is -0.0400. The fraction of sp³-hybridized carbons (Fsp3) is 0.923. The summed E-state index contributed by atoms with van der Waals surface area (Å²) in [6.07, 6.45) is 13.2.